The van der Waals surface area contributed by atoms with Crippen LogP contribution >= 0.6 is 11.6 Å². The number of likely N-dealkylation sites (tertiary alicyclic amines) is 1. The monoisotopic (exact) mass is 741 g/mol. The Morgan fingerprint density at radius 2 is 1.76 bits per heavy atom. The standard InChI is InChI=1S/C39H52ClN3O7S/c1-24-5-3-7-33(38-48-20-30(21-49-38)42-18-31(44)19-42)32-11-8-28(32)17-43-22-39(14-4-6-26-15-29(40)10-12-34(26)39)23-50-36-13-9-27(16-35(36)43)37(45)41-51(46,47)25(24)2/h9-10,12-13,15-16,24-25,28,30-33,38,44H,3-8,11,14,17-23H2,1-2H3,(H,41,45)/t24-,25+,28-,30-,32+,33+,38+,39-/m0/s1. The Morgan fingerprint density at radius 1 is 0.961 bits per heavy atom. The lowest BCUT2D eigenvalue weighted by molar-refractivity contribution is -0.250. The van der Waals surface area contributed by atoms with Gasteiger partial charge in [-0.3, -0.25) is 9.69 Å². The van der Waals surface area contributed by atoms with E-state index in [1.807, 2.05) is 25.1 Å². The van der Waals surface area contributed by atoms with Crippen LogP contribution < -0.4 is 14.4 Å². The van der Waals surface area contributed by atoms with E-state index in [2.05, 4.69) is 26.7 Å². The Morgan fingerprint density at radius 3 is 2.51 bits per heavy atom. The van der Waals surface area contributed by atoms with Crippen LogP contribution in [0.4, 0.5) is 5.69 Å². The predicted octanol–water partition coefficient (Wildman–Crippen LogP) is 5.14. The quantitative estimate of drug-likeness (QED) is 0.432. The number of fused-ring (bicyclic) bond motifs is 4. The highest BCUT2D eigenvalue weighted by Gasteiger charge is 2.47. The number of aryl methyl sites for hydroxylation is 1. The number of rotatable bonds is 2. The van der Waals surface area contributed by atoms with Crippen LogP contribution in [0.5, 0.6) is 5.75 Å². The fourth-order valence-electron chi connectivity index (χ4n) is 9.72. The van der Waals surface area contributed by atoms with Gasteiger partial charge in [-0.25, -0.2) is 13.1 Å². The summed E-state index contributed by atoms with van der Waals surface area (Å²) < 4.78 is 49.1. The smallest absolute Gasteiger partial charge is 0.264 e. The molecule has 2 bridgehead atoms. The van der Waals surface area contributed by atoms with Crippen molar-refractivity contribution in [1.29, 1.82) is 0 Å². The molecule has 10 nitrogen and oxygen atoms in total. The Hall–Kier alpha value is -2.41. The van der Waals surface area contributed by atoms with Crippen LogP contribution in [0.25, 0.3) is 0 Å². The molecule has 6 atom stereocenters. The topological polar surface area (TPSA) is 118 Å². The summed E-state index contributed by atoms with van der Waals surface area (Å²) in [6.07, 6.45) is 7.04. The van der Waals surface area contributed by atoms with Crippen molar-refractivity contribution in [2.75, 3.05) is 50.9 Å². The van der Waals surface area contributed by atoms with Crippen molar-refractivity contribution in [3.05, 3.63) is 58.1 Å². The van der Waals surface area contributed by atoms with Crippen LogP contribution in [0.1, 0.15) is 80.3 Å². The number of ether oxygens (including phenoxy) is 3. The summed E-state index contributed by atoms with van der Waals surface area (Å²) in [7, 11) is -3.92. The van der Waals surface area contributed by atoms with E-state index in [1.54, 1.807) is 13.0 Å². The zero-order chi connectivity index (χ0) is 35.5. The highest BCUT2D eigenvalue weighted by atomic mass is 35.5. The van der Waals surface area contributed by atoms with Gasteiger partial charge in [0.25, 0.3) is 5.91 Å². The third-order valence-corrected chi connectivity index (χ3v) is 15.3. The van der Waals surface area contributed by atoms with Gasteiger partial charge in [-0.05, 0) is 111 Å². The van der Waals surface area contributed by atoms with E-state index < -0.39 is 21.2 Å². The number of anilines is 1. The summed E-state index contributed by atoms with van der Waals surface area (Å²) in [6, 6.07) is 11.8. The first-order valence-corrected chi connectivity index (χ1v) is 20.9. The first kappa shape index (κ1) is 35.6. The largest absolute Gasteiger partial charge is 0.490 e. The number of sulfonamides is 1. The molecule has 0 aromatic heterocycles. The van der Waals surface area contributed by atoms with Gasteiger partial charge in [-0.2, -0.15) is 0 Å². The van der Waals surface area contributed by atoms with Crippen LogP contribution in [-0.2, 0) is 31.3 Å². The van der Waals surface area contributed by atoms with Crippen LogP contribution in [0, 0.1) is 23.7 Å². The van der Waals surface area contributed by atoms with Gasteiger partial charge in [-0.1, -0.05) is 31.0 Å². The van der Waals surface area contributed by atoms with Crippen molar-refractivity contribution < 1.29 is 32.5 Å². The van der Waals surface area contributed by atoms with Gasteiger partial charge >= 0.3 is 0 Å². The molecule has 1 saturated carbocycles. The second kappa shape index (κ2) is 14.1. The van der Waals surface area contributed by atoms with Gasteiger partial charge < -0.3 is 24.2 Å². The Labute approximate surface area is 307 Å². The van der Waals surface area contributed by atoms with Crippen molar-refractivity contribution in [1.82, 2.24) is 9.62 Å². The molecule has 4 aliphatic heterocycles. The minimum atomic E-state index is -3.92. The molecule has 8 rings (SSSR count). The van der Waals surface area contributed by atoms with Crippen molar-refractivity contribution in [2.24, 2.45) is 23.7 Å². The van der Waals surface area contributed by atoms with E-state index in [-0.39, 0.29) is 35.7 Å². The fourth-order valence-corrected chi connectivity index (χ4v) is 11.2. The second-order valence-corrected chi connectivity index (χ2v) is 18.8. The molecule has 2 N–H and O–H groups in total. The molecule has 1 spiro atoms. The van der Waals surface area contributed by atoms with E-state index in [4.69, 9.17) is 25.8 Å². The first-order chi connectivity index (χ1) is 24.5. The third-order valence-electron chi connectivity index (χ3n) is 13.2. The maximum Gasteiger partial charge on any atom is 0.264 e. The van der Waals surface area contributed by atoms with E-state index in [9.17, 15) is 18.3 Å². The number of hydrogen-bond acceptors (Lipinski definition) is 9. The van der Waals surface area contributed by atoms with Crippen molar-refractivity contribution >= 4 is 33.2 Å². The number of β-amino-alcohol motifs (C(OH)–C–C–N with tert-alkyl or cyclic N) is 1. The van der Waals surface area contributed by atoms with Gasteiger partial charge in [-0.15, -0.1) is 0 Å². The van der Waals surface area contributed by atoms with Gasteiger partial charge in [0.2, 0.25) is 10.0 Å². The summed E-state index contributed by atoms with van der Waals surface area (Å²) in [5, 5.41) is 9.86. The first-order valence-electron chi connectivity index (χ1n) is 19.0. The molecule has 51 heavy (non-hydrogen) atoms. The normalized spacial score (nSPS) is 36.0. The second-order valence-electron chi connectivity index (χ2n) is 16.3. The number of benzene rings is 2. The summed E-state index contributed by atoms with van der Waals surface area (Å²) >= 11 is 6.48. The number of halogens is 1. The van der Waals surface area contributed by atoms with Crippen molar-refractivity contribution in [3.63, 3.8) is 0 Å². The maximum absolute atomic E-state index is 13.6. The van der Waals surface area contributed by atoms with Crippen LogP contribution in [0.3, 0.4) is 0 Å². The minimum absolute atomic E-state index is 0.142. The van der Waals surface area contributed by atoms with Gasteiger partial charge in [0.1, 0.15) is 5.75 Å². The molecule has 2 aromatic rings. The Balaban J connectivity index is 1.13. The van der Waals surface area contributed by atoms with E-state index in [0.717, 1.165) is 75.2 Å². The zero-order valence-electron chi connectivity index (χ0n) is 29.8. The highest BCUT2D eigenvalue weighted by Crippen LogP contribution is 2.49. The van der Waals surface area contributed by atoms with E-state index >= 15 is 0 Å². The number of amides is 1. The third kappa shape index (κ3) is 6.92. The lowest BCUT2D eigenvalue weighted by atomic mass is 9.64. The average molecular weight is 742 g/mol. The van der Waals surface area contributed by atoms with Crippen LogP contribution in [0.15, 0.2) is 36.4 Å². The van der Waals surface area contributed by atoms with Gasteiger partial charge in [0, 0.05) is 48.1 Å². The molecular weight excluding hydrogens is 690 g/mol. The molecule has 3 fully saturated rings. The predicted molar refractivity (Wildman–Crippen MR) is 196 cm³/mol. The lowest BCUT2D eigenvalue weighted by Gasteiger charge is -2.50. The molecule has 0 radical (unpaired) electrons. The highest BCUT2D eigenvalue weighted by molar-refractivity contribution is 7.90. The molecule has 2 saturated heterocycles. The van der Waals surface area contributed by atoms with Crippen LogP contribution in [-0.4, -0.2) is 94.0 Å². The summed E-state index contributed by atoms with van der Waals surface area (Å²) in [6.45, 7) is 8.18. The summed E-state index contributed by atoms with van der Waals surface area (Å²) in [5.74, 6) is 0.914. The molecule has 12 heteroatoms. The number of aliphatic hydroxyl groups excluding tert-OH is 1. The van der Waals surface area contributed by atoms with Crippen LogP contribution in [0.2, 0.25) is 5.02 Å². The van der Waals surface area contributed by atoms with E-state index in [0.29, 0.717) is 56.1 Å². The van der Waals surface area contributed by atoms with Gasteiger partial charge in [0.05, 0.1) is 42.9 Å². The number of nitrogens with one attached hydrogen (secondary N) is 1. The van der Waals surface area contributed by atoms with Crippen molar-refractivity contribution in [2.45, 2.75) is 94.3 Å². The lowest BCUT2D eigenvalue weighted by Crippen LogP contribution is -2.60. The maximum atomic E-state index is 13.6. The molecule has 2 aromatic carbocycles. The molecule has 0 unspecified atom stereocenters. The number of carbonyl (C=O) groups excluding carboxylic acids is 1. The average Bonchev–Trinajstić information content (AvgIpc) is 3.24. The van der Waals surface area contributed by atoms with Crippen molar-refractivity contribution in [3.8, 4) is 5.75 Å². The Kier molecular flexibility index (Phi) is 9.85. The SMILES string of the molecule is C[C@@H]1[C@@H](C)CCC[C@@H]([C@H]2OC[C@@H](N3CC(O)C3)CO2)[C@@H]2CC[C@H]2CN2C[C@@]3(CCCc4cc(Cl)ccc43)COc3ccc(cc32)C(=O)NS1(=O)=O. The summed E-state index contributed by atoms with van der Waals surface area (Å²) in [5.41, 5.74) is 3.43. The van der Waals surface area contributed by atoms with E-state index in [1.165, 1.54) is 11.1 Å². The number of carbonyl (C=O) groups is 1. The molecule has 6 aliphatic rings. The number of nitrogens with zero attached hydrogens (tertiary/aromatic N) is 2. The molecular formula is C39H52ClN3O7S. The molecule has 278 valence electrons. The molecule has 2 aliphatic carbocycles. The number of hydrogen-bond donors (Lipinski definition) is 2. The Bertz CT molecular complexity index is 1730. The zero-order valence-corrected chi connectivity index (χ0v) is 31.3. The minimum Gasteiger partial charge on any atom is -0.490 e. The van der Waals surface area contributed by atoms with Gasteiger partial charge in [0.15, 0.2) is 6.29 Å². The number of aliphatic hydroxyl groups is 1. The summed E-state index contributed by atoms with van der Waals surface area (Å²) in [4.78, 5) is 18.2. The molecule has 4 heterocycles. The molecule has 1 amide bonds. The fraction of sp³-hybridized carbons (Fsp3) is 0.667.